The molecule has 1 aliphatic carbocycles. The number of carbonyl (C=O) groups excluding carboxylic acids is 1. The molecule has 0 radical (unpaired) electrons. The minimum absolute atomic E-state index is 0.0934. The zero-order valence-corrected chi connectivity index (χ0v) is 13.9. The van der Waals surface area contributed by atoms with Crippen LogP contribution in [0, 0.1) is 0 Å². The number of aliphatic carboxylic acids is 1. The first kappa shape index (κ1) is 17.1. The third-order valence-electron chi connectivity index (χ3n) is 4.38. The van der Waals surface area contributed by atoms with E-state index in [0.717, 1.165) is 31.4 Å². The fourth-order valence-electron chi connectivity index (χ4n) is 3.18. The number of amides is 1. The second kappa shape index (κ2) is 7.88. The predicted molar refractivity (Wildman–Crippen MR) is 90.4 cm³/mol. The fraction of sp³-hybridized carbons (Fsp3) is 0.368. The zero-order valence-electron chi connectivity index (χ0n) is 13.9. The van der Waals surface area contributed by atoms with E-state index in [-0.39, 0.29) is 11.9 Å². The van der Waals surface area contributed by atoms with Crippen LogP contribution < -0.4 is 4.74 Å². The fourth-order valence-corrected chi connectivity index (χ4v) is 3.18. The molecule has 6 heteroatoms. The lowest BCUT2D eigenvalue weighted by atomic mass is 10.1. The van der Waals surface area contributed by atoms with E-state index in [2.05, 4.69) is 0 Å². The Labute approximate surface area is 146 Å². The topological polar surface area (TPSA) is 80.0 Å². The number of ether oxygens (including phenoxy) is 1. The van der Waals surface area contributed by atoms with Crippen molar-refractivity contribution >= 4 is 11.9 Å². The molecule has 6 nitrogen and oxygen atoms in total. The second-order valence-corrected chi connectivity index (χ2v) is 6.16. The number of furan rings is 1. The first-order valence-electron chi connectivity index (χ1n) is 8.41. The van der Waals surface area contributed by atoms with Crippen LogP contribution in [0.4, 0.5) is 0 Å². The van der Waals surface area contributed by atoms with Gasteiger partial charge in [0.25, 0.3) is 5.91 Å². The molecule has 0 bridgehead atoms. The zero-order chi connectivity index (χ0) is 17.6. The van der Waals surface area contributed by atoms with Crippen molar-refractivity contribution in [1.29, 1.82) is 0 Å². The van der Waals surface area contributed by atoms with Crippen LogP contribution in [0.2, 0.25) is 0 Å². The van der Waals surface area contributed by atoms with Crippen LogP contribution in [0.1, 0.15) is 41.8 Å². The van der Waals surface area contributed by atoms with Gasteiger partial charge < -0.3 is 19.2 Å². The van der Waals surface area contributed by atoms with E-state index < -0.39 is 12.6 Å². The van der Waals surface area contributed by atoms with Crippen molar-refractivity contribution in [3.63, 3.8) is 0 Å². The molecule has 2 aromatic rings. The summed E-state index contributed by atoms with van der Waals surface area (Å²) >= 11 is 0. The summed E-state index contributed by atoms with van der Waals surface area (Å²) in [6.07, 6.45) is 5.82. The molecule has 132 valence electrons. The predicted octanol–water partition coefficient (Wildman–Crippen LogP) is 3.33. The Kier molecular flexibility index (Phi) is 5.38. The molecule has 1 aliphatic rings. The van der Waals surface area contributed by atoms with Crippen LogP contribution in [0.15, 0.2) is 47.1 Å². The Morgan fingerprint density at radius 2 is 2.00 bits per heavy atom. The van der Waals surface area contributed by atoms with Crippen LogP contribution in [0.3, 0.4) is 0 Å². The molecule has 1 heterocycles. The summed E-state index contributed by atoms with van der Waals surface area (Å²) < 4.78 is 10.6. The number of hydrogen-bond donors (Lipinski definition) is 1. The molecule has 1 amide bonds. The van der Waals surface area contributed by atoms with Gasteiger partial charge in [0.15, 0.2) is 6.61 Å². The molecule has 0 aliphatic heterocycles. The van der Waals surface area contributed by atoms with Gasteiger partial charge in [-0.25, -0.2) is 4.79 Å². The summed E-state index contributed by atoms with van der Waals surface area (Å²) in [5, 5.41) is 8.72. The number of carboxylic acids is 1. The van der Waals surface area contributed by atoms with Crippen molar-refractivity contribution in [3.8, 4) is 5.75 Å². The number of carbonyl (C=O) groups is 2. The molecule has 25 heavy (non-hydrogen) atoms. The van der Waals surface area contributed by atoms with Crippen LogP contribution in [-0.4, -0.2) is 34.5 Å². The SMILES string of the molecule is O=C(O)COc1cccc(C(=O)N(Cc2ccco2)C2CCCC2)c1. The summed E-state index contributed by atoms with van der Waals surface area (Å²) in [6.45, 7) is -0.00686. The van der Waals surface area contributed by atoms with E-state index in [1.54, 1.807) is 30.5 Å². The van der Waals surface area contributed by atoms with E-state index >= 15 is 0 Å². The molecule has 0 atom stereocenters. The average molecular weight is 343 g/mol. The quantitative estimate of drug-likeness (QED) is 0.834. The first-order valence-corrected chi connectivity index (χ1v) is 8.41. The van der Waals surface area contributed by atoms with Gasteiger partial charge in [0, 0.05) is 11.6 Å². The number of benzene rings is 1. The van der Waals surface area contributed by atoms with Crippen LogP contribution >= 0.6 is 0 Å². The van der Waals surface area contributed by atoms with Gasteiger partial charge in [-0.05, 0) is 43.2 Å². The van der Waals surface area contributed by atoms with E-state index in [9.17, 15) is 9.59 Å². The van der Waals surface area contributed by atoms with Crippen LogP contribution in [-0.2, 0) is 11.3 Å². The highest BCUT2D eigenvalue weighted by Crippen LogP contribution is 2.27. The lowest BCUT2D eigenvalue weighted by molar-refractivity contribution is -0.139. The molecule has 1 saturated carbocycles. The summed E-state index contributed by atoms with van der Waals surface area (Å²) in [7, 11) is 0. The van der Waals surface area contributed by atoms with Gasteiger partial charge in [-0.2, -0.15) is 0 Å². The Balaban J connectivity index is 1.79. The van der Waals surface area contributed by atoms with Crippen molar-refractivity contribution in [1.82, 2.24) is 4.90 Å². The van der Waals surface area contributed by atoms with E-state index in [4.69, 9.17) is 14.3 Å². The van der Waals surface area contributed by atoms with Crippen molar-refractivity contribution in [2.75, 3.05) is 6.61 Å². The molecular weight excluding hydrogens is 322 g/mol. The second-order valence-electron chi connectivity index (χ2n) is 6.16. The molecule has 1 fully saturated rings. The number of carboxylic acid groups (broad SMARTS) is 1. The maximum Gasteiger partial charge on any atom is 0.341 e. The summed E-state index contributed by atoms with van der Waals surface area (Å²) in [6, 6.07) is 10.5. The highest BCUT2D eigenvalue weighted by Gasteiger charge is 2.28. The number of nitrogens with zero attached hydrogens (tertiary/aromatic N) is 1. The van der Waals surface area contributed by atoms with Gasteiger partial charge in [-0.15, -0.1) is 0 Å². The van der Waals surface area contributed by atoms with E-state index in [0.29, 0.717) is 17.9 Å². The lowest BCUT2D eigenvalue weighted by Gasteiger charge is -2.28. The highest BCUT2D eigenvalue weighted by atomic mass is 16.5. The summed E-state index contributed by atoms with van der Waals surface area (Å²) in [4.78, 5) is 25.6. The normalized spacial score (nSPS) is 14.4. The molecule has 1 N–H and O–H groups in total. The van der Waals surface area contributed by atoms with Gasteiger partial charge in [0.1, 0.15) is 11.5 Å². The number of hydrogen-bond acceptors (Lipinski definition) is 4. The van der Waals surface area contributed by atoms with Gasteiger partial charge in [0.05, 0.1) is 12.8 Å². The maximum absolute atomic E-state index is 13.1. The largest absolute Gasteiger partial charge is 0.482 e. The van der Waals surface area contributed by atoms with Crippen LogP contribution in [0.25, 0.3) is 0 Å². The Morgan fingerprint density at radius 1 is 1.20 bits per heavy atom. The minimum atomic E-state index is -1.05. The van der Waals surface area contributed by atoms with Gasteiger partial charge >= 0.3 is 5.97 Å². The summed E-state index contributed by atoms with van der Waals surface area (Å²) in [5.74, 6) is -0.0256. The maximum atomic E-state index is 13.1. The summed E-state index contributed by atoms with van der Waals surface area (Å²) in [5.41, 5.74) is 0.487. The Bertz CT molecular complexity index is 719. The van der Waals surface area contributed by atoms with E-state index in [1.807, 2.05) is 17.0 Å². The van der Waals surface area contributed by atoms with Crippen molar-refractivity contribution in [2.45, 2.75) is 38.3 Å². The third-order valence-corrected chi connectivity index (χ3v) is 4.38. The highest BCUT2D eigenvalue weighted by molar-refractivity contribution is 5.94. The van der Waals surface area contributed by atoms with Crippen molar-refractivity contribution in [2.24, 2.45) is 0 Å². The monoisotopic (exact) mass is 343 g/mol. The van der Waals surface area contributed by atoms with E-state index in [1.165, 1.54) is 0 Å². The first-order chi connectivity index (χ1) is 12.1. The molecule has 1 aromatic carbocycles. The number of rotatable bonds is 7. The standard InChI is InChI=1S/C19H21NO5/c21-18(22)13-25-16-8-3-5-14(11-16)19(23)20(15-6-1-2-7-15)12-17-9-4-10-24-17/h3-5,8-11,15H,1-2,6-7,12-13H2,(H,21,22). The van der Waals surface area contributed by atoms with Crippen molar-refractivity contribution in [3.05, 3.63) is 54.0 Å². The van der Waals surface area contributed by atoms with Gasteiger partial charge in [-0.3, -0.25) is 4.79 Å². The molecule has 0 saturated heterocycles. The Morgan fingerprint density at radius 3 is 2.68 bits per heavy atom. The molecular formula is C19H21NO5. The third kappa shape index (κ3) is 4.41. The smallest absolute Gasteiger partial charge is 0.341 e. The molecule has 1 aromatic heterocycles. The lowest BCUT2D eigenvalue weighted by Crippen LogP contribution is -2.38. The van der Waals surface area contributed by atoms with Crippen LogP contribution in [0.5, 0.6) is 5.75 Å². The van der Waals surface area contributed by atoms with Gasteiger partial charge in [0.2, 0.25) is 0 Å². The van der Waals surface area contributed by atoms with Gasteiger partial charge in [-0.1, -0.05) is 18.9 Å². The minimum Gasteiger partial charge on any atom is -0.482 e. The molecule has 0 spiro atoms. The molecule has 3 rings (SSSR count). The Hall–Kier alpha value is -2.76. The van der Waals surface area contributed by atoms with Crippen molar-refractivity contribution < 1.29 is 23.8 Å². The molecule has 0 unspecified atom stereocenters. The average Bonchev–Trinajstić information content (AvgIpc) is 3.31.